The van der Waals surface area contributed by atoms with Crippen molar-refractivity contribution in [3.63, 3.8) is 0 Å². The second kappa shape index (κ2) is 5.93. The van der Waals surface area contributed by atoms with Gasteiger partial charge in [0.25, 0.3) is 0 Å². The molecule has 1 aromatic carbocycles. The maximum Gasteiger partial charge on any atom is 0.320 e. The SMILES string of the molecule is O=C(O)[C@@H]1C[C@H]2CCCC[C@@H]2N1Cc1ccc(F)cc1Cl. The summed E-state index contributed by atoms with van der Waals surface area (Å²) in [5.41, 5.74) is 0.801. The van der Waals surface area contributed by atoms with Crippen molar-refractivity contribution < 1.29 is 14.3 Å². The fourth-order valence-electron chi connectivity index (χ4n) is 3.87. The van der Waals surface area contributed by atoms with Gasteiger partial charge in [0.1, 0.15) is 11.9 Å². The Morgan fingerprint density at radius 2 is 2.14 bits per heavy atom. The molecule has 2 aliphatic rings. The fourth-order valence-corrected chi connectivity index (χ4v) is 4.10. The lowest BCUT2D eigenvalue weighted by Gasteiger charge is -2.33. The molecule has 21 heavy (non-hydrogen) atoms. The minimum absolute atomic E-state index is 0.320. The van der Waals surface area contributed by atoms with E-state index in [0.717, 1.165) is 31.2 Å². The van der Waals surface area contributed by atoms with Gasteiger partial charge in [-0.3, -0.25) is 9.69 Å². The molecule has 1 aliphatic heterocycles. The van der Waals surface area contributed by atoms with Gasteiger partial charge in [0, 0.05) is 17.6 Å². The van der Waals surface area contributed by atoms with Crippen LogP contribution in [0.2, 0.25) is 5.02 Å². The van der Waals surface area contributed by atoms with Crippen molar-refractivity contribution in [1.82, 2.24) is 4.90 Å². The zero-order valence-corrected chi connectivity index (χ0v) is 12.5. The van der Waals surface area contributed by atoms with Crippen LogP contribution in [0.1, 0.15) is 37.7 Å². The van der Waals surface area contributed by atoms with E-state index in [9.17, 15) is 14.3 Å². The number of nitrogens with zero attached hydrogens (tertiary/aromatic N) is 1. The number of carboxylic acids is 1. The van der Waals surface area contributed by atoms with Crippen LogP contribution in [0.3, 0.4) is 0 Å². The molecule has 0 radical (unpaired) electrons. The molecular formula is C16H19ClFNO2. The first kappa shape index (κ1) is 14.8. The van der Waals surface area contributed by atoms with Gasteiger partial charge in [-0.2, -0.15) is 0 Å². The van der Waals surface area contributed by atoms with Crippen molar-refractivity contribution in [2.24, 2.45) is 5.92 Å². The quantitative estimate of drug-likeness (QED) is 0.925. The van der Waals surface area contributed by atoms with E-state index in [1.807, 2.05) is 0 Å². The molecule has 0 aromatic heterocycles. The maximum absolute atomic E-state index is 13.1. The molecule has 1 aromatic rings. The number of hydrogen-bond donors (Lipinski definition) is 1. The second-order valence-electron chi connectivity index (χ2n) is 6.11. The molecule has 1 N–H and O–H groups in total. The standard InChI is InChI=1S/C16H19ClFNO2/c17-13-8-12(18)6-5-11(13)9-19-14-4-2-1-3-10(14)7-15(19)16(20)21/h5-6,8,10,14-15H,1-4,7,9H2,(H,20,21)/t10-,14+,15+/m1/s1. The highest BCUT2D eigenvalue weighted by molar-refractivity contribution is 6.31. The number of rotatable bonds is 3. The van der Waals surface area contributed by atoms with E-state index in [4.69, 9.17) is 11.6 Å². The van der Waals surface area contributed by atoms with Crippen LogP contribution in [0, 0.1) is 11.7 Å². The van der Waals surface area contributed by atoms with E-state index in [-0.39, 0.29) is 5.82 Å². The zero-order chi connectivity index (χ0) is 15.0. The Kier molecular flexibility index (Phi) is 4.18. The van der Waals surface area contributed by atoms with Gasteiger partial charge >= 0.3 is 5.97 Å². The van der Waals surface area contributed by atoms with E-state index in [0.29, 0.717) is 23.5 Å². The van der Waals surface area contributed by atoms with Crippen LogP contribution in [-0.4, -0.2) is 28.1 Å². The van der Waals surface area contributed by atoms with Crippen molar-refractivity contribution in [3.8, 4) is 0 Å². The first-order valence-electron chi connectivity index (χ1n) is 7.48. The molecule has 1 heterocycles. The number of benzene rings is 1. The topological polar surface area (TPSA) is 40.5 Å². The molecule has 114 valence electrons. The van der Waals surface area contributed by atoms with E-state index >= 15 is 0 Å². The largest absolute Gasteiger partial charge is 0.480 e. The highest BCUT2D eigenvalue weighted by Crippen LogP contribution is 2.41. The average Bonchev–Trinajstić information content (AvgIpc) is 2.81. The van der Waals surface area contributed by atoms with Gasteiger partial charge in [-0.15, -0.1) is 0 Å². The Hall–Kier alpha value is -1.13. The number of carboxylic acid groups (broad SMARTS) is 1. The molecule has 0 spiro atoms. The van der Waals surface area contributed by atoms with Crippen molar-refractivity contribution in [3.05, 3.63) is 34.6 Å². The summed E-state index contributed by atoms with van der Waals surface area (Å²) in [7, 11) is 0. The summed E-state index contributed by atoms with van der Waals surface area (Å²) >= 11 is 6.10. The van der Waals surface area contributed by atoms with Crippen molar-refractivity contribution in [2.45, 2.75) is 50.7 Å². The smallest absolute Gasteiger partial charge is 0.320 e. The average molecular weight is 312 g/mol. The highest BCUT2D eigenvalue weighted by Gasteiger charge is 2.45. The van der Waals surface area contributed by atoms with Crippen LogP contribution in [0.15, 0.2) is 18.2 Å². The summed E-state index contributed by atoms with van der Waals surface area (Å²) in [5, 5.41) is 9.86. The minimum Gasteiger partial charge on any atom is -0.480 e. The predicted octanol–water partition coefficient (Wildman–Crippen LogP) is 3.70. The number of carbonyl (C=O) groups is 1. The Labute approximate surface area is 128 Å². The minimum atomic E-state index is -0.761. The number of fused-ring (bicyclic) bond motifs is 1. The predicted molar refractivity (Wildman–Crippen MR) is 78.7 cm³/mol. The van der Waals surface area contributed by atoms with Crippen molar-refractivity contribution in [2.75, 3.05) is 0 Å². The Balaban J connectivity index is 1.84. The number of aliphatic carboxylic acids is 1. The molecule has 2 fully saturated rings. The second-order valence-corrected chi connectivity index (χ2v) is 6.52. The normalized spacial score (nSPS) is 29.3. The molecule has 3 atom stereocenters. The van der Waals surface area contributed by atoms with Gasteiger partial charge in [-0.1, -0.05) is 30.5 Å². The van der Waals surface area contributed by atoms with Gasteiger partial charge in [0.15, 0.2) is 0 Å². The van der Waals surface area contributed by atoms with Gasteiger partial charge < -0.3 is 5.11 Å². The molecule has 3 nitrogen and oxygen atoms in total. The molecule has 1 aliphatic carbocycles. The Morgan fingerprint density at radius 3 is 2.86 bits per heavy atom. The summed E-state index contributed by atoms with van der Waals surface area (Å²) in [6.45, 7) is 0.483. The summed E-state index contributed by atoms with van der Waals surface area (Å²) < 4.78 is 13.1. The van der Waals surface area contributed by atoms with Crippen molar-refractivity contribution in [1.29, 1.82) is 0 Å². The maximum atomic E-state index is 13.1. The molecule has 0 amide bonds. The first-order chi connectivity index (χ1) is 10.1. The number of likely N-dealkylation sites (tertiary alicyclic amines) is 1. The van der Waals surface area contributed by atoms with Crippen LogP contribution in [0.5, 0.6) is 0 Å². The van der Waals surface area contributed by atoms with E-state index < -0.39 is 12.0 Å². The molecule has 3 rings (SSSR count). The number of halogens is 2. The molecule has 1 saturated carbocycles. The monoisotopic (exact) mass is 311 g/mol. The lowest BCUT2D eigenvalue weighted by atomic mass is 9.84. The van der Waals surface area contributed by atoms with Crippen LogP contribution in [0.4, 0.5) is 4.39 Å². The molecular weight excluding hydrogens is 293 g/mol. The Morgan fingerprint density at radius 1 is 1.38 bits per heavy atom. The van der Waals surface area contributed by atoms with Gasteiger partial charge in [0.05, 0.1) is 0 Å². The first-order valence-corrected chi connectivity index (χ1v) is 7.86. The van der Waals surface area contributed by atoms with Crippen LogP contribution < -0.4 is 0 Å². The fraction of sp³-hybridized carbons (Fsp3) is 0.562. The molecule has 0 bridgehead atoms. The van der Waals surface area contributed by atoms with E-state index in [2.05, 4.69) is 4.90 Å². The van der Waals surface area contributed by atoms with Gasteiger partial charge in [0.2, 0.25) is 0 Å². The molecule has 0 unspecified atom stereocenters. The van der Waals surface area contributed by atoms with Gasteiger partial charge in [-0.25, -0.2) is 4.39 Å². The lowest BCUT2D eigenvalue weighted by Crippen LogP contribution is -2.41. The third kappa shape index (κ3) is 2.92. The Bertz CT molecular complexity index is 551. The van der Waals surface area contributed by atoms with Crippen LogP contribution in [-0.2, 0) is 11.3 Å². The van der Waals surface area contributed by atoms with E-state index in [1.54, 1.807) is 6.07 Å². The van der Waals surface area contributed by atoms with Crippen molar-refractivity contribution >= 4 is 17.6 Å². The summed E-state index contributed by atoms with van der Waals surface area (Å²) in [4.78, 5) is 13.6. The molecule has 5 heteroatoms. The number of hydrogen-bond acceptors (Lipinski definition) is 2. The summed E-state index contributed by atoms with van der Waals surface area (Å²) in [6, 6.07) is 4.21. The van der Waals surface area contributed by atoms with Gasteiger partial charge in [-0.05, 0) is 42.9 Å². The summed E-state index contributed by atoms with van der Waals surface area (Å²) in [5.74, 6) is -0.655. The van der Waals surface area contributed by atoms with E-state index in [1.165, 1.54) is 18.6 Å². The lowest BCUT2D eigenvalue weighted by molar-refractivity contribution is -0.142. The third-order valence-electron chi connectivity index (χ3n) is 4.87. The zero-order valence-electron chi connectivity index (χ0n) is 11.8. The van der Waals surface area contributed by atoms with Crippen LogP contribution >= 0.6 is 11.6 Å². The highest BCUT2D eigenvalue weighted by atomic mass is 35.5. The molecule has 1 saturated heterocycles. The van der Waals surface area contributed by atoms with Crippen LogP contribution in [0.25, 0.3) is 0 Å². The summed E-state index contributed by atoms with van der Waals surface area (Å²) in [6.07, 6.45) is 5.23. The third-order valence-corrected chi connectivity index (χ3v) is 5.23.